The Balaban J connectivity index is 1.45. The van der Waals surface area contributed by atoms with E-state index in [0.717, 1.165) is 11.9 Å². The molecule has 0 fully saturated rings. The number of nitro benzene ring substituents is 1. The fourth-order valence-corrected chi connectivity index (χ4v) is 4.31. The Bertz CT molecular complexity index is 1540. The highest BCUT2D eigenvalue weighted by molar-refractivity contribution is 7.98. The summed E-state index contributed by atoms with van der Waals surface area (Å²) < 4.78 is 9.23. The van der Waals surface area contributed by atoms with E-state index in [-0.39, 0.29) is 17.1 Å². The van der Waals surface area contributed by atoms with Crippen LogP contribution < -0.4 is 5.56 Å². The van der Waals surface area contributed by atoms with Gasteiger partial charge in [-0.3, -0.25) is 23.9 Å². The van der Waals surface area contributed by atoms with Crippen LogP contribution in [0.2, 0.25) is 0 Å². The van der Waals surface area contributed by atoms with E-state index in [1.165, 1.54) is 23.9 Å². The zero-order valence-corrected chi connectivity index (χ0v) is 18.2. The number of nitrogens with zero attached hydrogens (tertiary/aromatic N) is 7. The molecule has 166 valence electrons. The zero-order valence-electron chi connectivity index (χ0n) is 17.4. The van der Waals surface area contributed by atoms with Gasteiger partial charge in [-0.05, 0) is 30.7 Å². The number of para-hydroxylation sites is 1. The molecule has 0 N–H and O–H groups in total. The van der Waals surface area contributed by atoms with Crippen LogP contribution in [-0.2, 0) is 12.3 Å². The van der Waals surface area contributed by atoms with E-state index in [1.807, 2.05) is 29.5 Å². The minimum absolute atomic E-state index is 0.0125. The van der Waals surface area contributed by atoms with Crippen molar-refractivity contribution in [2.24, 2.45) is 0 Å². The standard InChI is InChI=1S/C21H17N7O4S/c1-2-11-26-19(29)15-5-3-4-6-16(15)27-20(26)24-25-21(27)33-12-17-22-23-18(32-17)13-7-9-14(10-8-13)28(30)31/h3-10H,2,11-12H2,1H3. The summed E-state index contributed by atoms with van der Waals surface area (Å²) in [6, 6.07) is 13.3. The Morgan fingerprint density at radius 1 is 1.06 bits per heavy atom. The monoisotopic (exact) mass is 463 g/mol. The number of rotatable bonds is 7. The minimum Gasteiger partial charge on any atom is -0.420 e. The summed E-state index contributed by atoms with van der Waals surface area (Å²) in [6.07, 6.45) is 0.788. The molecule has 33 heavy (non-hydrogen) atoms. The van der Waals surface area contributed by atoms with E-state index in [9.17, 15) is 14.9 Å². The smallest absolute Gasteiger partial charge is 0.269 e. The summed E-state index contributed by atoms with van der Waals surface area (Å²) in [4.78, 5) is 23.3. The van der Waals surface area contributed by atoms with Crippen molar-refractivity contribution in [3.05, 3.63) is 74.9 Å². The second-order valence-electron chi connectivity index (χ2n) is 7.19. The Kier molecular flexibility index (Phi) is 5.34. The third kappa shape index (κ3) is 3.74. The molecule has 0 aliphatic heterocycles. The molecule has 0 saturated heterocycles. The number of hydrogen-bond acceptors (Lipinski definition) is 9. The molecule has 0 saturated carbocycles. The lowest BCUT2D eigenvalue weighted by atomic mass is 10.2. The molecule has 0 aliphatic carbocycles. The maximum absolute atomic E-state index is 12.9. The van der Waals surface area contributed by atoms with Gasteiger partial charge in [0.25, 0.3) is 11.2 Å². The molecule has 11 nitrogen and oxygen atoms in total. The van der Waals surface area contributed by atoms with Crippen molar-refractivity contribution in [3.8, 4) is 11.5 Å². The van der Waals surface area contributed by atoms with Crippen molar-refractivity contribution in [1.29, 1.82) is 0 Å². The fourth-order valence-electron chi connectivity index (χ4n) is 3.53. The van der Waals surface area contributed by atoms with Gasteiger partial charge in [0.05, 0.1) is 21.6 Å². The van der Waals surface area contributed by atoms with Crippen LogP contribution in [0.4, 0.5) is 5.69 Å². The first-order chi connectivity index (χ1) is 16.1. The average Bonchev–Trinajstić information content (AvgIpc) is 3.48. The predicted octanol–water partition coefficient (Wildman–Crippen LogP) is 3.70. The van der Waals surface area contributed by atoms with Gasteiger partial charge in [0.1, 0.15) is 0 Å². The average molecular weight is 463 g/mol. The highest BCUT2D eigenvalue weighted by atomic mass is 32.2. The van der Waals surface area contributed by atoms with E-state index in [4.69, 9.17) is 4.42 Å². The predicted molar refractivity (Wildman–Crippen MR) is 121 cm³/mol. The number of fused-ring (bicyclic) bond motifs is 3. The molecule has 0 radical (unpaired) electrons. The molecule has 2 aromatic carbocycles. The summed E-state index contributed by atoms with van der Waals surface area (Å²) in [5.41, 5.74) is 1.22. The van der Waals surface area contributed by atoms with Gasteiger partial charge in [0.2, 0.25) is 17.6 Å². The number of nitro groups is 1. The summed E-state index contributed by atoms with van der Waals surface area (Å²) in [6.45, 7) is 2.54. The summed E-state index contributed by atoms with van der Waals surface area (Å²) in [5, 5.41) is 28.7. The molecule has 3 heterocycles. The Morgan fingerprint density at radius 3 is 2.61 bits per heavy atom. The number of hydrogen-bond donors (Lipinski definition) is 0. The molecule has 0 unspecified atom stereocenters. The quantitative estimate of drug-likeness (QED) is 0.201. The van der Waals surface area contributed by atoms with E-state index in [2.05, 4.69) is 20.4 Å². The van der Waals surface area contributed by atoms with Crippen LogP contribution in [0.25, 0.3) is 28.1 Å². The van der Waals surface area contributed by atoms with Gasteiger partial charge in [-0.2, -0.15) is 0 Å². The van der Waals surface area contributed by atoms with E-state index in [1.54, 1.807) is 22.8 Å². The molecule has 5 aromatic rings. The minimum atomic E-state index is -0.466. The highest BCUT2D eigenvalue weighted by Gasteiger charge is 2.18. The maximum Gasteiger partial charge on any atom is 0.269 e. The number of non-ortho nitro benzene ring substituents is 1. The number of aryl methyl sites for hydroxylation is 1. The van der Waals surface area contributed by atoms with Crippen LogP contribution >= 0.6 is 11.8 Å². The van der Waals surface area contributed by atoms with E-state index < -0.39 is 4.92 Å². The summed E-state index contributed by atoms with van der Waals surface area (Å²) in [5.74, 6) is 1.47. The van der Waals surface area contributed by atoms with Crippen LogP contribution in [0.3, 0.4) is 0 Å². The van der Waals surface area contributed by atoms with Gasteiger partial charge in [0.15, 0.2) is 5.16 Å². The van der Waals surface area contributed by atoms with E-state index >= 15 is 0 Å². The molecule has 0 spiro atoms. The van der Waals surface area contributed by atoms with Crippen LogP contribution in [0, 0.1) is 10.1 Å². The highest BCUT2D eigenvalue weighted by Crippen LogP contribution is 2.26. The molecular weight excluding hydrogens is 446 g/mol. The van der Waals surface area contributed by atoms with Crippen LogP contribution in [0.1, 0.15) is 19.2 Å². The number of thioether (sulfide) groups is 1. The summed E-state index contributed by atoms with van der Waals surface area (Å²) in [7, 11) is 0. The van der Waals surface area contributed by atoms with Gasteiger partial charge < -0.3 is 4.42 Å². The topological polar surface area (TPSA) is 134 Å². The van der Waals surface area contributed by atoms with Crippen LogP contribution in [-0.4, -0.2) is 34.3 Å². The first kappa shape index (κ1) is 20.8. The molecule has 0 amide bonds. The lowest BCUT2D eigenvalue weighted by Gasteiger charge is -2.10. The van der Waals surface area contributed by atoms with Gasteiger partial charge in [-0.1, -0.05) is 30.8 Å². The van der Waals surface area contributed by atoms with Gasteiger partial charge >= 0.3 is 0 Å². The van der Waals surface area contributed by atoms with Crippen molar-refractivity contribution >= 4 is 34.1 Å². The lowest BCUT2D eigenvalue weighted by molar-refractivity contribution is -0.384. The van der Waals surface area contributed by atoms with E-state index in [0.29, 0.717) is 40.1 Å². The third-order valence-electron chi connectivity index (χ3n) is 5.04. The molecule has 3 aromatic heterocycles. The first-order valence-corrected chi connectivity index (χ1v) is 11.1. The Hall–Kier alpha value is -4.06. The molecule has 12 heteroatoms. The van der Waals surface area contributed by atoms with Gasteiger partial charge in [0, 0.05) is 24.2 Å². The zero-order chi connectivity index (χ0) is 22.9. The molecule has 0 atom stereocenters. The number of benzene rings is 2. The van der Waals surface area contributed by atoms with Crippen molar-refractivity contribution in [3.63, 3.8) is 0 Å². The van der Waals surface area contributed by atoms with Crippen molar-refractivity contribution < 1.29 is 9.34 Å². The molecule has 0 aliphatic rings. The Morgan fingerprint density at radius 2 is 1.85 bits per heavy atom. The molecule has 5 rings (SSSR count). The maximum atomic E-state index is 12.9. The van der Waals surface area contributed by atoms with Crippen LogP contribution in [0.15, 0.2) is 62.9 Å². The normalized spacial score (nSPS) is 11.4. The second-order valence-corrected chi connectivity index (χ2v) is 8.13. The fraction of sp³-hybridized carbons (Fsp3) is 0.190. The van der Waals surface area contributed by atoms with Crippen molar-refractivity contribution in [2.45, 2.75) is 30.8 Å². The molecule has 0 bridgehead atoms. The summed E-state index contributed by atoms with van der Waals surface area (Å²) >= 11 is 1.36. The lowest BCUT2D eigenvalue weighted by Crippen LogP contribution is -2.23. The third-order valence-corrected chi connectivity index (χ3v) is 5.96. The van der Waals surface area contributed by atoms with Crippen molar-refractivity contribution in [1.82, 2.24) is 29.4 Å². The van der Waals surface area contributed by atoms with Gasteiger partial charge in [-0.15, -0.1) is 20.4 Å². The second kappa shape index (κ2) is 8.47. The molecular formula is C21H17N7O4S. The Labute approximate surface area is 190 Å². The van der Waals surface area contributed by atoms with Gasteiger partial charge in [-0.25, -0.2) is 0 Å². The van der Waals surface area contributed by atoms with Crippen molar-refractivity contribution in [2.75, 3.05) is 0 Å². The largest absolute Gasteiger partial charge is 0.420 e. The SMILES string of the molecule is CCCn1c(=O)c2ccccc2n2c(SCc3nnc(-c4ccc([N+](=O)[O-])cc4)o3)nnc12. The van der Waals surface area contributed by atoms with Crippen LogP contribution in [0.5, 0.6) is 0 Å². The first-order valence-electron chi connectivity index (χ1n) is 10.1. The number of aromatic nitrogens is 6.